The first-order valence-corrected chi connectivity index (χ1v) is 9.40. The largest absolute Gasteiger partial charge is 0.298 e. The topological polar surface area (TPSA) is 86.1 Å². The van der Waals surface area contributed by atoms with E-state index in [-0.39, 0.29) is 18.4 Å². The molecule has 29 heavy (non-hydrogen) atoms. The zero-order chi connectivity index (χ0) is 20.4. The molecule has 0 bridgehead atoms. The molecule has 4 rings (SSSR count). The standard InChI is InChI=1S/C23H18N2O4/c26-18-12-7-13-19(27)20(18)21(28)17-14-24-22(15-8-3-1-4-9-15)25(23(17)29)16-10-5-2-6-11-16/h1-6,8-11,14,20H,7,12-13H2. The molecule has 144 valence electrons. The molecule has 0 radical (unpaired) electrons. The molecule has 0 saturated heterocycles. The first-order chi connectivity index (χ1) is 14.1. The van der Waals surface area contributed by atoms with Crippen LogP contribution in [0.15, 0.2) is 71.7 Å². The van der Waals surface area contributed by atoms with Crippen molar-refractivity contribution in [2.24, 2.45) is 5.92 Å². The van der Waals surface area contributed by atoms with E-state index in [2.05, 4.69) is 4.98 Å². The Bertz CT molecular complexity index is 1130. The summed E-state index contributed by atoms with van der Waals surface area (Å²) in [5, 5.41) is 0. The summed E-state index contributed by atoms with van der Waals surface area (Å²) in [6, 6.07) is 18.0. The van der Waals surface area contributed by atoms with Gasteiger partial charge in [-0.05, 0) is 18.6 Å². The minimum Gasteiger partial charge on any atom is -0.298 e. The van der Waals surface area contributed by atoms with Crippen LogP contribution in [0.25, 0.3) is 17.1 Å². The number of hydrogen-bond donors (Lipinski definition) is 0. The van der Waals surface area contributed by atoms with E-state index in [0.29, 0.717) is 23.5 Å². The molecule has 0 N–H and O–H groups in total. The van der Waals surface area contributed by atoms with Gasteiger partial charge < -0.3 is 0 Å². The van der Waals surface area contributed by atoms with Crippen LogP contribution in [0.2, 0.25) is 0 Å². The van der Waals surface area contributed by atoms with Gasteiger partial charge in [0.15, 0.2) is 17.3 Å². The van der Waals surface area contributed by atoms with Crippen molar-refractivity contribution in [1.82, 2.24) is 9.55 Å². The monoisotopic (exact) mass is 386 g/mol. The van der Waals surface area contributed by atoms with Crippen LogP contribution in [0.3, 0.4) is 0 Å². The van der Waals surface area contributed by atoms with Crippen molar-refractivity contribution in [2.75, 3.05) is 0 Å². The Morgan fingerprint density at radius 2 is 1.45 bits per heavy atom. The summed E-state index contributed by atoms with van der Waals surface area (Å²) in [6.45, 7) is 0. The molecule has 2 aromatic carbocycles. The third-order valence-corrected chi connectivity index (χ3v) is 5.03. The predicted molar refractivity (Wildman–Crippen MR) is 107 cm³/mol. The summed E-state index contributed by atoms with van der Waals surface area (Å²) in [5.74, 6) is -2.64. The molecule has 1 aromatic heterocycles. The van der Waals surface area contributed by atoms with E-state index in [1.54, 1.807) is 24.3 Å². The molecule has 0 amide bonds. The maximum atomic E-state index is 13.3. The SMILES string of the molecule is O=C1CCCC(=O)C1C(=O)c1cnc(-c2ccccc2)n(-c2ccccc2)c1=O. The molecule has 6 heteroatoms. The van der Waals surface area contributed by atoms with E-state index < -0.39 is 28.8 Å². The smallest absolute Gasteiger partial charge is 0.269 e. The van der Waals surface area contributed by atoms with Gasteiger partial charge in [-0.15, -0.1) is 0 Å². The molecule has 0 aliphatic heterocycles. The Labute approximate surface area is 166 Å². The van der Waals surface area contributed by atoms with E-state index >= 15 is 0 Å². The van der Waals surface area contributed by atoms with Crippen LogP contribution in [-0.4, -0.2) is 26.9 Å². The second-order valence-electron chi connectivity index (χ2n) is 6.92. The molecule has 0 atom stereocenters. The third kappa shape index (κ3) is 3.45. The number of carbonyl (C=O) groups is 3. The average molecular weight is 386 g/mol. The quantitative estimate of drug-likeness (QED) is 0.508. The highest BCUT2D eigenvalue weighted by molar-refractivity contribution is 6.24. The number of aromatic nitrogens is 2. The van der Waals surface area contributed by atoms with Crippen LogP contribution < -0.4 is 5.56 Å². The van der Waals surface area contributed by atoms with Crippen molar-refractivity contribution in [3.05, 3.63) is 82.8 Å². The maximum absolute atomic E-state index is 13.3. The zero-order valence-electron chi connectivity index (χ0n) is 15.6. The lowest BCUT2D eigenvalue weighted by Crippen LogP contribution is -2.39. The minimum atomic E-state index is -1.40. The van der Waals surface area contributed by atoms with Gasteiger partial charge in [0.25, 0.3) is 5.56 Å². The van der Waals surface area contributed by atoms with Crippen molar-refractivity contribution in [3.63, 3.8) is 0 Å². The first kappa shape index (κ1) is 18.7. The molecule has 0 spiro atoms. The fraction of sp³-hybridized carbons (Fsp3) is 0.174. The Kier molecular flexibility index (Phi) is 4.99. The van der Waals surface area contributed by atoms with Gasteiger partial charge in [-0.3, -0.25) is 23.7 Å². The molecular weight excluding hydrogens is 368 g/mol. The molecule has 1 saturated carbocycles. The summed E-state index contributed by atoms with van der Waals surface area (Å²) in [4.78, 5) is 55.1. The molecule has 1 fully saturated rings. The highest BCUT2D eigenvalue weighted by Crippen LogP contribution is 2.23. The van der Waals surface area contributed by atoms with Gasteiger partial charge in [0.05, 0.1) is 5.69 Å². The van der Waals surface area contributed by atoms with Crippen molar-refractivity contribution >= 4 is 17.3 Å². The predicted octanol–water partition coefficient (Wildman–Crippen LogP) is 3.02. The number of hydrogen-bond acceptors (Lipinski definition) is 5. The van der Waals surface area contributed by atoms with Gasteiger partial charge >= 0.3 is 0 Å². The lowest BCUT2D eigenvalue weighted by atomic mass is 9.82. The summed E-state index contributed by atoms with van der Waals surface area (Å²) in [6.07, 6.45) is 1.97. The highest BCUT2D eigenvalue weighted by Gasteiger charge is 2.38. The number of ketones is 3. The minimum absolute atomic E-state index is 0.171. The van der Waals surface area contributed by atoms with Crippen LogP contribution in [0, 0.1) is 5.92 Å². The van der Waals surface area contributed by atoms with Crippen molar-refractivity contribution in [1.29, 1.82) is 0 Å². The van der Waals surface area contributed by atoms with E-state index in [0.717, 1.165) is 0 Å². The zero-order valence-corrected chi connectivity index (χ0v) is 15.6. The molecule has 1 aliphatic carbocycles. The molecule has 0 unspecified atom stereocenters. The number of benzene rings is 2. The Morgan fingerprint density at radius 3 is 2.07 bits per heavy atom. The van der Waals surface area contributed by atoms with Crippen LogP contribution >= 0.6 is 0 Å². The summed E-state index contributed by atoms with van der Waals surface area (Å²) >= 11 is 0. The van der Waals surface area contributed by atoms with Crippen LogP contribution in [0.4, 0.5) is 0 Å². The summed E-state index contributed by atoms with van der Waals surface area (Å²) in [7, 11) is 0. The second-order valence-corrected chi connectivity index (χ2v) is 6.92. The van der Waals surface area contributed by atoms with Crippen LogP contribution in [0.5, 0.6) is 0 Å². The molecule has 3 aromatic rings. The molecule has 6 nitrogen and oxygen atoms in total. The van der Waals surface area contributed by atoms with Crippen molar-refractivity contribution in [2.45, 2.75) is 19.3 Å². The van der Waals surface area contributed by atoms with Crippen molar-refractivity contribution in [3.8, 4) is 17.1 Å². The first-order valence-electron chi connectivity index (χ1n) is 9.40. The number of Topliss-reactive ketones (excluding diaryl/α,β-unsaturated/α-hetero) is 3. The molecule has 1 aliphatic rings. The Balaban J connectivity index is 1.90. The average Bonchev–Trinajstić information content (AvgIpc) is 2.74. The van der Waals surface area contributed by atoms with E-state index in [1.807, 2.05) is 36.4 Å². The van der Waals surface area contributed by atoms with E-state index in [1.165, 1.54) is 10.8 Å². The lowest BCUT2D eigenvalue weighted by Gasteiger charge is -2.19. The second kappa shape index (κ2) is 7.75. The van der Waals surface area contributed by atoms with Gasteiger partial charge in [-0.1, -0.05) is 48.5 Å². The number of carbonyl (C=O) groups excluding carboxylic acids is 3. The molecule has 1 heterocycles. The Hall–Kier alpha value is -3.67. The van der Waals surface area contributed by atoms with E-state index in [9.17, 15) is 19.2 Å². The number of para-hydroxylation sites is 1. The number of rotatable bonds is 4. The highest BCUT2D eigenvalue weighted by atomic mass is 16.2. The number of nitrogens with zero attached hydrogens (tertiary/aromatic N) is 2. The Morgan fingerprint density at radius 1 is 0.862 bits per heavy atom. The lowest BCUT2D eigenvalue weighted by molar-refractivity contribution is -0.133. The van der Waals surface area contributed by atoms with Gasteiger partial charge in [-0.2, -0.15) is 0 Å². The third-order valence-electron chi connectivity index (χ3n) is 5.03. The normalized spacial score (nSPS) is 14.8. The van der Waals surface area contributed by atoms with Gasteiger partial charge in [0.1, 0.15) is 17.3 Å². The van der Waals surface area contributed by atoms with Gasteiger partial charge in [-0.25, -0.2) is 4.98 Å². The van der Waals surface area contributed by atoms with Crippen molar-refractivity contribution < 1.29 is 14.4 Å². The van der Waals surface area contributed by atoms with Crippen LogP contribution in [0.1, 0.15) is 29.6 Å². The fourth-order valence-electron chi connectivity index (χ4n) is 3.58. The van der Waals surface area contributed by atoms with Crippen LogP contribution in [-0.2, 0) is 9.59 Å². The summed E-state index contributed by atoms with van der Waals surface area (Å²) in [5.41, 5.74) is 0.403. The van der Waals surface area contributed by atoms with Gasteiger partial charge in [0, 0.05) is 24.6 Å². The summed E-state index contributed by atoms with van der Waals surface area (Å²) < 4.78 is 1.35. The van der Waals surface area contributed by atoms with E-state index in [4.69, 9.17) is 0 Å². The van der Waals surface area contributed by atoms with Gasteiger partial charge in [0.2, 0.25) is 0 Å². The molecular formula is C23H18N2O4. The maximum Gasteiger partial charge on any atom is 0.269 e. The fourth-order valence-corrected chi connectivity index (χ4v) is 3.58.